The lowest BCUT2D eigenvalue weighted by atomic mass is 9.62. The molecule has 1 aliphatic heterocycles. The molecule has 0 fully saturated rings. The van der Waals surface area contributed by atoms with Crippen molar-refractivity contribution in [3.63, 3.8) is 0 Å². The lowest BCUT2D eigenvalue weighted by Crippen LogP contribution is -2.43. The second-order valence-corrected chi connectivity index (χ2v) is 8.74. The molecule has 2 aliphatic rings. The number of amides is 1. The topological polar surface area (TPSA) is 68.3 Å². The van der Waals surface area contributed by atoms with E-state index in [0.717, 1.165) is 11.1 Å². The van der Waals surface area contributed by atoms with E-state index in [-0.39, 0.29) is 18.1 Å². The van der Waals surface area contributed by atoms with Crippen molar-refractivity contribution in [2.45, 2.75) is 17.8 Å². The van der Waals surface area contributed by atoms with Gasteiger partial charge in [-0.15, -0.1) is 0 Å². The number of ether oxygens (including phenoxy) is 1. The van der Waals surface area contributed by atoms with Gasteiger partial charge < -0.3 is 10.1 Å². The van der Waals surface area contributed by atoms with Crippen LogP contribution in [0.2, 0.25) is 10.0 Å². The summed E-state index contributed by atoms with van der Waals surface area (Å²) in [5.41, 5.74) is 2.07. The van der Waals surface area contributed by atoms with Crippen LogP contribution in [0.4, 0.5) is 5.69 Å². The third-order valence-corrected chi connectivity index (χ3v) is 6.64. The molecule has 160 valence electrons. The van der Waals surface area contributed by atoms with Crippen molar-refractivity contribution in [1.82, 2.24) is 4.98 Å². The van der Waals surface area contributed by atoms with Crippen molar-refractivity contribution >= 4 is 46.2 Å². The van der Waals surface area contributed by atoms with Gasteiger partial charge in [-0.3, -0.25) is 9.59 Å². The number of hydrogen-bond donors (Lipinski definition) is 1. The second-order valence-electron chi connectivity index (χ2n) is 7.87. The number of aromatic nitrogens is 1. The molecule has 32 heavy (non-hydrogen) atoms. The molecule has 5 nitrogen and oxygen atoms in total. The van der Waals surface area contributed by atoms with Crippen LogP contribution in [-0.4, -0.2) is 23.8 Å². The number of rotatable bonds is 3. The Hall–Kier alpha value is -3.15. The Morgan fingerprint density at radius 2 is 1.88 bits per heavy atom. The molecule has 1 spiro atoms. The molecule has 0 unspecified atom stereocenters. The normalized spacial score (nSPS) is 21.8. The minimum Gasteiger partial charge on any atom is -0.481 e. The Bertz CT molecular complexity index is 1300. The summed E-state index contributed by atoms with van der Waals surface area (Å²) in [4.78, 5) is 31.3. The van der Waals surface area contributed by atoms with E-state index in [2.05, 4.69) is 10.3 Å². The highest BCUT2D eigenvalue weighted by atomic mass is 35.5. The number of allylic oxidation sites excluding steroid dienone is 1. The van der Waals surface area contributed by atoms with E-state index in [9.17, 15) is 9.59 Å². The van der Waals surface area contributed by atoms with Crippen LogP contribution < -0.4 is 10.1 Å². The molecule has 1 amide bonds. The fourth-order valence-corrected chi connectivity index (χ4v) is 5.14. The summed E-state index contributed by atoms with van der Waals surface area (Å²) in [7, 11) is 1.50. The van der Waals surface area contributed by atoms with Gasteiger partial charge in [0, 0.05) is 45.4 Å². The zero-order valence-electron chi connectivity index (χ0n) is 17.1. The van der Waals surface area contributed by atoms with Gasteiger partial charge in [-0.05, 0) is 47.5 Å². The number of carbonyl (C=O) groups is 2. The number of carbonyl (C=O) groups excluding carboxylic acids is 2. The Morgan fingerprint density at radius 1 is 1.06 bits per heavy atom. The van der Waals surface area contributed by atoms with Crippen LogP contribution in [0.15, 0.2) is 66.9 Å². The van der Waals surface area contributed by atoms with Gasteiger partial charge in [0.2, 0.25) is 11.8 Å². The molecule has 1 aliphatic carbocycles. The number of nitrogens with one attached hydrogen (secondary N) is 1. The van der Waals surface area contributed by atoms with Gasteiger partial charge in [0.25, 0.3) is 0 Å². The van der Waals surface area contributed by atoms with Crippen LogP contribution in [-0.2, 0) is 15.0 Å². The molecular formula is C25H18Cl2N2O3. The zero-order chi connectivity index (χ0) is 22.5. The largest absolute Gasteiger partial charge is 0.481 e. The third-order valence-electron chi connectivity index (χ3n) is 6.17. The summed E-state index contributed by atoms with van der Waals surface area (Å²) in [5, 5.41) is 4.03. The number of Topliss-reactive ketones (excluding diaryl/α,β-unsaturated/α-hetero) is 1. The summed E-state index contributed by atoms with van der Waals surface area (Å²) < 4.78 is 5.40. The number of anilines is 1. The van der Waals surface area contributed by atoms with Gasteiger partial charge in [-0.2, -0.15) is 0 Å². The van der Waals surface area contributed by atoms with Crippen molar-refractivity contribution in [3.05, 3.63) is 93.6 Å². The minimum absolute atomic E-state index is 0.0953. The smallest absolute Gasteiger partial charge is 0.239 e. The average Bonchev–Trinajstić information content (AvgIpc) is 3.05. The molecule has 2 aromatic carbocycles. The molecule has 3 aromatic rings. The van der Waals surface area contributed by atoms with Crippen molar-refractivity contribution in [2.75, 3.05) is 12.4 Å². The predicted molar refractivity (Wildman–Crippen MR) is 124 cm³/mol. The Kier molecular flexibility index (Phi) is 5.03. The first-order valence-corrected chi connectivity index (χ1v) is 10.8. The van der Waals surface area contributed by atoms with E-state index >= 15 is 0 Å². The first-order chi connectivity index (χ1) is 15.4. The summed E-state index contributed by atoms with van der Waals surface area (Å²) in [6, 6.07) is 16.2. The van der Waals surface area contributed by atoms with Crippen LogP contribution in [0.5, 0.6) is 5.88 Å². The molecular weight excluding hydrogens is 447 g/mol. The molecule has 1 aromatic heterocycles. The highest BCUT2D eigenvalue weighted by Gasteiger charge is 2.54. The van der Waals surface area contributed by atoms with Crippen molar-refractivity contribution < 1.29 is 14.3 Å². The van der Waals surface area contributed by atoms with Crippen LogP contribution in [0.25, 0.3) is 5.57 Å². The van der Waals surface area contributed by atoms with E-state index in [1.54, 1.807) is 42.6 Å². The summed E-state index contributed by atoms with van der Waals surface area (Å²) in [6.07, 6.45) is 3.49. The molecule has 2 atom stereocenters. The molecule has 0 saturated carbocycles. The SMILES string of the molecule is COc1ncccc1C1=C[C@@]2(C(=O)Nc3cc(Cl)ccc32)[C@H](c2cccc(Cl)c2)CC1=O. The number of hydrogen-bond acceptors (Lipinski definition) is 4. The standard InChI is InChI=1S/C25H18Cl2N2O3/c1-32-23-17(6-3-9-28-23)18-13-25(19-8-7-16(27)11-21(19)29-24(25)31)20(12-22(18)30)14-4-2-5-15(26)10-14/h2-11,13,20H,12H2,1H3,(H,29,31)/t20-,25-/m0/s1. The molecule has 5 rings (SSSR count). The number of methoxy groups -OCH3 is 1. The van der Waals surface area contributed by atoms with Crippen LogP contribution in [0.1, 0.15) is 29.0 Å². The first kappa shape index (κ1) is 20.7. The predicted octanol–water partition coefficient (Wildman–Crippen LogP) is 5.43. The highest BCUT2D eigenvalue weighted by molar-refractivity contribution is 6.31. The number of pyridine rings is 1. The van der Waals surface area contributed by atoms with E-state index < -0.39 is 11.3 Å². The number of halogens is 2. The first-order valence-electron chi connectivity index (χ1n) is 10.1. The fourth-order valence-electron chi connectivity index (χ4n) is 4.77. The van der Waals surface area contributed by atoms with E-state index in [1.807, 2.05) is 24.3 Å². The quantitative estimate of drug-likeness (QED) is 0.561. The Balaban J connectivity index is 1.80. The van der Waals surface area contributed by atoms with Crippen molar-refractivity contribution in [2.24, 2.45) is 0 Å². The maximum Gasteiger partial charge on any atom is 0.239 e. The van der Waals surface area contributed by atoms with Gasteiger partial charge in [0.15, 0.2) is 5.78 Å². The lowest BCUT2D eigenvalue weighted by molar-refractivity contribution is -0.121. The molecule has 0 bridgehead atoms. The second kappa shape index (κ2) is 7.76. The fraction of sp³-hybridized carbons (Fsp3) is 0.160. The average molecular weight is 465 g/mol. The zero-order valence-corrected chi connectivity index (χ0v) is 18.6. The van der Waals surface area contributed by atoms with E-state index in [4.69, 9.17) is 27.9 Å². The van der Waals surface area contributed by atoms with Crippen LogP contribution in [0.3, 0.4) is 0 Å². The van der Waals surface area contributed by atoms with Crippen LogP contribution in [0, 0.1) is 0 Å². The van der Waals surface area contributed by atoms with Crippen molar-refractivity contribution in [1.29, 1.82) is 0 Å². The van der Waals surface area contributed by atoms with Gasteiger partial charge in [-0.1, -0.05) is 47.5 Å². The van der Waals surface area contributed by atoms with Gasteiger partial charge in [0.1, 0.15) is 5.41 Å². The maximum absolute atomic E-state index is 13.6. The number of ketones is 1. The highest BCUT2D eigenvalue weighted by Crippen LogP contribution is 2.54. The number of fused-ring (bicyclic) bond motifs is 2. The molecule has 0 radical (unpaired) electrons. The van der Waals surface area contributed by atoms with Gasteiger partial charge >= 0.3 is 0 Å². The minimum atomic E-state index is -1.12. The molecule has 1 N–H and O–H groups in total. The lowest BCUT2D eigenvalue weighted by Gasteiger charge is -2.38. The summed E-state index contributed by atoms with van der Waals surface area (Å²) >= 11 is 12.5. The molecule has 7 heteroatoms. The molecule has 0 saturated heterocycles. The monoisotopic (exact) mass is 464 g/mol. The summed E-state index contributed by atoms with van der Waals surface area (Å²) in [5.74, 6) is -0.421. The van der Waals surface area contributed by atoms with Crippen LogP contribution >= 0.6 is 23.2 Å². The Labute approximate surface area is 195 Å². The number of nitrogens with zero attached hydrogens (tertiary/aromatic N) is 1. The van der Waals surface area contributed by atoms with Gasteiger partial charge in [0.05, 0.1) is 7.11 Å². The number of benzene rings is 2. The van der Waals surface area contributed by atoms with Gasteiger partial charge in [-0.25, -0.2) is 4.98 Å². The third kappa shape index (κ3) is 3.12. The summed E-state index contributed by atoms with van der Waals surface area (Å²) in [6.45, 7) is 0. The van der Waals surface area contributed by atoms with Crippen molar-refractivity contribution in [3.8, 4) is 5.88 Å². The van der Waals surface area contributed by atoms with E-state index in [1.165, 1.54) is 7.11 Å². The maximum atomic E-state index is 13.6. The molecule has 2 heterocycles. The Morgan fingerprint density at radius 3 is 2.66 bits per heavy atom. The van der Waals surface area contributed by atoms with E-state index in [0.29, 0.717) is 32.7 Å².